The number of nitrogens with two attached hydrogens (primary N) is 1. The van der Waals surface area contributed by atoms with Gasteiger partial charge >= 0.3 is 5.97 Å². The number of carbonyl (C=O) groups is 2. The number of esters is 1. The van der Waals surface area contributed by atoms with Crippen LogP contribution in [0.2, 0.25) is 0 Å². The molecule has 43 heavy (non-hydrogen) atoms. The van der Waals surface area contributed by atoms with Gasteiger partial charge in [-0.2, -0.15) is 0 Å². The van der Waals surface area contributed by atoms with Gasteiger partial charge in [0.25, 0.3) is 0 Å². The number of fused-ring (bicyclic) bond motifs is 2. The Morgan fingerprint density at radius 3 is 2.60 bits per heavy atom. The number of ether oxygens (including phenoxy) is 3. The largest absolute Gasteiger partial charge is 0.456 e. The van der Waals surface area contributed by atoms with Gasteiger partial charge in [0.15, 0.2) is 0 Å². The van der Waals surface area contributed by atoms with E-state index in [0.717, 1.165) is 44.6 Å². The summed E-state index contributed by atoms with van der Waals surface area (Å²) in [6.07, 6.45) is 11.5. The van der Waals surface area contributed by atoms with E-state index in [4.69, 9.17) is 19.9 Å². The number of aliphatic hydroxyl groups excluding tert-OH is 2. The van der Waals surface area contributed by atoms with Crippen molar-refractivity contribution in [1.82, 2.24) is 5.32 Å². The molecule has 0 aromatic carbocycles. The van der Waals surface area contributed by atoms with Gasteiger partial charge in [-0.15, -0.1) is 0 Å². The summed E-state index contributed by atoms with van der Waals surface area (Å²) in [6.45, 7) is 6.37. The second-order valence-electron chi connectivity index (χ2n) is 14.5. The first-order chi connectivity index (χ1) is 20.6. The smallest absolute Gasteiger partial charge is 0.333 e. The Balaban J connectivity index is 1.43. The lowest BCUT2D eigenvalue weighted by molar-refractivity contribution is -0.277. The summed E-state index contributed by atoms with van der Waals surface area (Å²) < 4.78 is 19.6. The molecule has 0 radical (unpaired) electrons. The highest BCUT2D eigenvalue weighted by atomic mass is 16.6. The molecule has 11 unspecified atom stereocenters. The second kappa shape index (κ2) is 14.4. The summed E-state index contributed by atoms with van der Waals surface area (Å²) in [4.78, 5) is 26.3. The van der Waals surface area contributed by atoms with Crippen molar-refractivity contribution in [2.75, 3.05) is 13.2 Å². The Kier molecular flexibility index (Phi) is 11.0. The van der Waals surface area contributed by atoms with E-state index in [0.29, 0.717) is 24.3 Å². The predicted octanol–water partition coefficient (Wildman–Crippen LogP) is 3.78. The van der Waals surface area contributed by atoms with Gasteiger partial charge in [0.1, 0.15) is 17.5 Å². The van der Waals surface area contributed by atoms with E-state index in [1.54, 1.807) is 13.0 Å². The first-order valence-electron chi connectivity index (χ1n) is 17.1. The number of aliphatic hydroxyl groups is 2. The van der Waals surface area contributed by atoms with Gasteiger partial charge in [-0.1, -0.05) is 44.6 Å². The van der Waals surface area contributed by atoms with E-state index in [-0.39, 0.29) is 48.9 Å². The number of nitrogens with one attached hydrogen (secondary N) is 1. The molecular weight excluding hydrogens is 548 g/mol. The van der Waals surface area contributed by atoms with Crippen LogP contribution in [0.5, 0.6) is 0 Å². The van der Waals surface area contributed by atoms with Gasteiger partial charge in [0.05, 0.1) is 43.1 Å². The van der Waals surface area contributed by atoms with Crippen LogP contribution in [0.1, 0.15) is 104 Å². The van der Waals surface area contributed by atoms with Gasteiger partial charge in [-0.25, -0.2) is 4.79 Å². The Bertz CT molecular complexity index is 991. The number of Topliss-reactive ketones (excluding diaryl/α,β-unsaturated/α-hetero) is 1. The number of carbonyl (C=O) groups excluding carboxylic acids is 2. The molecule has 244 valence electrons. The summed E-state index contributed by atoms with van der Waals surface area (Å²) >= 11 is 0. The fraction of sp³-hybridized carbons (Fsp3) is 0.882. The molecule has 0 spiro atoms. The molecule has 0 aromatic rings. The standard InChI is InChI=1S/C34H56N2O7/c1-4-20(2)33(40)42-29-16-25-27(17-28-31(32(25)39)26(38)15-24(19-37)41-28)43-34(29,3)23(12-10-21-8-6-5-7-9-21)14-22-11-13-30(35)36-18-22/h4,21-25,27-32,36-37,39H,5-19,35H2,1-3H3. The van der Waals surface area contributed by atoms with Gasteiger partial charge < -0.3 is 35.5 Å². The fourth-order valence-corrected chi connectivity index (χ4v) is 8.82. The molecule has 3 heterocycles. The van der Waals surface area contributed by atoms with Crippen LogP contribution >= 0.6 is 0 Å². The first-order valence-corrected chi connectivity index (χ1v) is 17.1. The lowest BCUT2D eigenvalue weighted by Crippen LogP contribution is -2.65. The maximum atomic E-state index is 13.2. The van der Waals surface area contributed by atoms with Gasteiger partial charge in [-0.3, -0.25) is 4.79 Å². The zero-order valence-electron chi connectivity index (χ0n) is 26.5. The van der Waals surface area contributed by atoms with Crippen LogP contribution < -0.4 is 11.1 Å². The van der Waals surface area contributed by atoms with Crippen molar-refractivity contribution in [3.63, 3.8) is 0 Å². The van der Waals surface area contributed by atoms with Crippen molar-refractivity contribution in [1.29, 1.82) is 0 Å². The maximum Gasteiger partial charge on any atom is 0.333 e. The molecule has 0 bridgehead atoms. The molecule has 5 aliphatic rings. The van der Waals surface area contributed by atoms with Crippen molar-refractivity contribution < 1.29 is 34.0 Å². The average Bonchev–Trinajstić information content (AvgIpc) is 3.00. The third kappa shape index (κ3) is 7.39. The quantitative estimate of drug-likeness (QED) is 0.229. The summed E-state index contributed by atoms with van der Waals surface area (Å²) in [7, 11) is 0. The van der Waals surface area contributed by atoms with Crippen LogP contribution in [0.4, 0.5) is 0 Å². The van der Waals surface area contributed by atoms with Gasteiger partial charge in [-0.05, 0) is 77.2 Å². The molecule has 5 N–H and O–H groups in total. The SMILES string of the molecule is CC=C(C)C(=O)OC1CC2C(CC3OC(CO)CC(=O)C3C2O)OC1(C)C(CCC1CCCCC1)CC1CCC(N)NC1. The highest BCUT2D eigenvalue weighted by Gasteiger charge is 2.59. The van der Waals surface area contributed by atoms with E-state index < -0.39 is 35.9 Å². The molecule has 9 heteroatoms. The molecule has 3 saturated heterocycles. The average molecular weight is 605 g/mol. The molecule has 3 aliphatic heterocycles. The molecule has 9 nitrogen and oxygen atoms in total. The second-order valence-corrected chi connectivity index (χ2v) is 14.5. The minimum atomic E-state index is -0.950. The number of rotatable bonds is 9. The summed E-state index contributed by atoms with van der Waals surface area (Å²) in [5, 5.41) is 24.8. The molecule has 2 aliphatic carbocycles. The maximum absolute atomic E-state index is 13.2. The highest BCUT2D eigenvalue weighted by molar-refractivity contribution is 5.87. The first kappa shape index (κ1) is 33.0. The molecule has 0 aromatic heterocycles. The zero-order chi connectivity index (χ0) is 30.7. The minimum absolute atomic E-state index is 0.0364. The molecule has 5 rings (SSSR count). The lowest BCUT2D eigenvalue weighted by Gasteiger charge is -2.56. The zero-order valence-corrected chi connectivity index (χ0v) is 26.5. The van der Waals surface area contributed by atoms with Gasteiger partial charge in [0.2, 0.25) is 0 Å². The van der Waals surface area contributed by atoms with Crippen molar-refractivity contribution in [3.8, 4) is 0 Å². The number of ketones is 1. The fourth-order valence-electron chi connectivity index (χ4n) is 8.82. The Morgan fingerprint density at radius 1 is 1.16 bits per heavy atom. The number of piperidine rings is 1. The third-order valence-electron chi connectivity index (χ3n) is 11.7. The van der Waals surface area contributed by atoms with Crippen LogP contribution in [0.25, 0.3) is 0 Å². The van der Waals surface area contributed by atoms with Crippen LogP contribution in [0.15, 0.2) is 11.6 Å². The molecule has 11 atom stereocenters. The van der Waals surface area contributed by atoms with Crippen LogP contribution in [-0.2, 0) is 23.8 Å². The summed E-state index contributed by atoms with van der Waals surface area (Å²) in [6, 6.07) is 0. The van der Waals surface area contributed by atoms with E-state index in [1.807, 2.05) is 6.92 Å². The Morgan fingerprint density at radius 2 is 1.93 bits per heavy atom. The van der Waals surface area contributed by atoms with E-state index in [1.165, 1.54) is 32.1 Å². The van der Waals surface area contributed by atoms with Crippen molar-refractivity contribution >= 4 is 11.8 Å². The third-order valence-corrected chi connectivity index (χ3v) is 11.7. The molecule has 2 saturated carbocycles. The van der Waals surface area contributed by atoms with Crippen LogP contribution in [0.3, 0.4) is 0 Å². The number of hydrogen-bond acceptors (Lipinski definition) is 9. The Labute approximate surface area is 257 Å². The Hall–Kier alpha value is -1.36. The number of allylic oxidation sites excluding steroid dienone is 1. The van der Waals surface area contributed by atoms with E-state index in [2.05, 4.69) is 12.2 Å². The van der Waals surface area contributed by atoms with Crippen molar-refractivity contribution in [2.45, 2.75) is 147 Å². The van der Waals surface area contributed by atoms with E-state index in [9.17, 15) is 19.8 Å². The van der Waals surface area contributed by atoms with Crippen molar-refractivity contribution in [3.05, 3.63) is 11.6 Å². The van der Waals surface area contributed by atoms with Crippen molar-refractivity contribution in [2.24, 2.45) is 35.3 Å². The molecular formula is C34H56N2O7. The molecule has 0 amide bonds. The van der Waals surface area contributed by atoms with E-state index >= 15 is 0 Å². The highest BCUT2D eigenvalue weighted by Crippen LogP contribution is 2.50. The lowest BCUT2D eigenvalue weighted by atomic mass is 9.64. The summed E-state index contributed by atoms with van der Waals surface area (Å²) in [5.74, 6) is -0.100. The minimum Gasteiger partial charge on any atom is -0.456 e. The summed E-state index contributed by atoms with van der Waals surface area (Å²) in [5.41, 5.74) is 5.95. The van der Waals surface area contributed by atoms with Gasteiger partial charge in [0, 0.05) is 24.3 Å². The topological polar surface area (TPSA) is 140 Å². The van der Waals surface area contributed by atoms with Crippen LogP contribution in [-0.4, -0.2) is 77.4 Å². The normalized spacial score (nSPS) is 41.7. The number of hydrogen-bond donors (Lipinski definition) is 4. The predicted molar refractivity (Wildman–Crippen MR) is 163 cm³/mol. The van der Waals surface area contributed by atoms with Crippen LogP contribution in [0, 0.1) is 29.6 Å². The molecule has 5 fully saturated rings. The monoisotopic (exact) mass is 604 g/mol.